The third kappa shape index (κ3) is 8.75. The zero-order valence-electron chi connectivity index (χ0n) is 34.7. The average Bonchev–Trinajstić information content (AvgIpc) is 4.10. The van der Waals surface area contributed by atoms with Gasteiger partial charge in [0.15, 0.2) is 11.6 Å². The molecule has 2 saturated carbocycles. The van der Waals surface area contributed by atoms with E-state index >= 15 is 0 Å². The molecule has 3 aromatic heterocycles. The molecule has 5 heterocycles. The third-order valence-corrected chi connectivity index (χ3v) is 15.4. The second-order valence-corrected chi connectivity index (χ2v) is 20.0. The average molecular weight is 919 g/mol. The number of hydrogen-bond donors (Lipinski definition) is 2. The van der Waals surface area contributed by atoms with Gasteiger partial charge in [0.1, 0.15) is 22.9 Å². The van der Waals surface area contributed by atoms with E-state index in [1.54, 1.807) is 29.6 Å². The molecule has 4 aliphatic rings. The summed E-state index contributed by atoms with van der Waals surface area (Å²) in [6.45, 7) is -0.0764. The van der Waals surface area contributed by atoms with Crippen molar-refractivity contribution in [2.75, 3.05) is 13.6 Å². The van der Waals surface area contributed by atoms with Crippen LogP contribution < -0.4 is 14.8 Å². The molecular formula is C45H45F3N6O8S2. The topological polar surface area (TPSA) is 191 Å². The molecule has 0 spiro atoms. The number of rotatable bonds is 9. The molecule has 2 N–H and O–H groups in total. The van der Waals surface area contributed by atoms with Crippen molar-refractivity contribution in [3.05, 3.63) is 82.3 Å². The van der Waals surface area contributed by atoms with Crippen LogP contribution in [-0.2, 0) is 37.0 Å². The summed E-state index contributed by atoms with van der Waals surface area (Å²) in [6.07, 6.45) is 2.96. The smallest absolute Gasteiger partial charge is 0.416 e. The fourth-order valence-electron chi connectivity index (χ4n) is 8.91. The van der Waals surface area contributed by atoms with E-state index in [9.17, 15) is 40.8 Å². The van der Waals surface area contributed by atoms with Crippen LogP contribution in [0.15, 0.2) is 70.5 Å². The molecule has 0 radical (unpaired) electrons. The van der Waals surface area contributed by atoms with Crippen molar-refractivity contribution in [2.45, 2.75) is 94.2 Å². The Morgan fingerprint density at radius 3 is 2.55 bits per heavy atom. The molecule has 2 aliphatic carbocycles. The summed E-state index contributed by atoms with van der Waals surface area (Å²) in [4.78, 5) is 71.4. The van der Waals surface area contributed by atoms with E-state index in [-0.39, 0.29) is 78.5 Å². The van der Waals surface area contributed by atoms with Crippen LogP contribution in [0, 0.1) is 17.3 Å². The molecule has 3 fully saturated rings. The maximum atomic E-state index is 15.0. The van der Waals surface area contributed by atoms with E-state index in [0.717, 1.165) is 25.0 Å². The number of allylic oxidation sites excluding steroid dienone is 2. The number of sulfonamides is 1. The van der Waals surface area contributed by atoms with Gasteiger partial charge < -0.3 is 19.4 Å². The number of ketones is 1. The van der Waals surface area contributed by atoms with E-state index in [1.165, 1.54) is 35.4 Å². The van der Waals surface area contributed by atoms with Crippen LogP contribution in [0.2, 0.25) is 0 Å². The van der Waals surface area contributed by atoms with Gasteiger partial charge >= 0.3 is 6.18 Å². The number of carbonyl (C=O) groups excluding carboxylic acids is 4. The van der Waals surface area contributed by atoms with E-state index < -0.39 is 62.2 Å². The molecule has 5 atom stereocenters. The Bertz CT molecular complexity index is 2790. The van der Waals surface area contributed by atoms with Gasteiger partial charge in [-0.05, 0) is 68.7 Å². The van der Waals surface area contributed by atoms with Gasteiger partial charge in [0, 0.05) is 48.6 Å². The van der Waals surface area contributed by atoms with Crippen molar-refractivity contribution in [1.29, 1.82) is 0 Å². The first-order valence-corrected chi connectivity index (χ1v) is 23.8. The van der Waals surface area contributed by atoms with Crippen molar-refractivity contribution in [1.82, 2.24) is 29.9 Å². The highest BCUT2D eigenvalue weighted by molar-refractivity contribution is 7.90. The van der Waals surface area contributed by atoms with Crippen molar-refractivity contribution in [3.8, 4) is 17.3 Å². The minimum absolute atomic E-state index is 0.0186. The first-order chi connectivity index (χ1) is 30.6. The number of fused-ring (bicyclic) bond motifs is 5. The van der Waals surface area contributed by atoms with Gasteiger partial charge in [-0.1, -0.05) is 49.3 Å². The van der Waals surface area contributed by atoms with Gasteiger partial charge in [0.25, 0.3) is 11.8 Å². The monoisotopic (exact) mass is 918 g/mol. The van der Waals surface area contributed by atoms with Crippen LogP contribution in [0.3, 0.4) is 0 Å². The zero-order valence-corrected chi connectivity index (χ0v) is 36.4. The lowest BCUT2D eigenvalue weighted by Crippen LogP contribution is -2.46. The van der Waals surface area contributed by atoms with E-state index in [2.05, 4.69) is 25.0 Å². The van der Waals surface area contributed by atoms with Crippen LogP contribution >= 0.6 is 11.3 Å². The highest BCUT2D eigenvalue weighted by atomic mass is 32.2. The number of aromatic nitrogens is 3. The van der Waals surface area contributed by atoms with Crippen LogP contribution in [0.25, 0.3) is 33.5 Å². The molecule has 0 unspecified atom stereocenters. The third-order valence-electron chi connectivity index (χ3n) is 12.7. The maximum Gasteiger partial charge on any atom is 0.416 e. The van der Waals surface area contributed by atoms with Gasteiger partial charge in [0.2, 0.25) is 27.4 Å². The van der Waals surface area contributed by atoms with Crippen LogP contribution in [0.1, 0.15) is 85.3 Å². The molecule has 3 amide bonds. The van der Waals surface area contributed by atoms with Crippen LogP contribution in [-0.4, -0.2) is 82.8 Å². The maximum absolute atomic E-state index is 15.0. The Morgan fingerprint density at radius 1 is 1.02 bits per heavy atom. The Labute approximate surface area is 370 Å². The molecule has 9 rings (SSSR count). The number of ether oxygens (including phenoxy) is 1. The van der Waals surface area contributed by atoms with Crippen molar-refractivity contribution in [3.63, 3.8) is 0 Å². The first kappa shape index (κ1) is 43.6. The highest BCUT2D eigenvalue weighted by Gasteiger charge is 2.61. The van der Waals surface area contributed by atoms with Gasteiger partial charge in [-0.2, -0.15) is 18.2 Å². The molecule has 0 bridgehead atoms. The van der Waals surface area contributed by atoms with Crippen molar-refractivity contribution in [2.24, 2.45) is 17.3 Å². The van der Waals surface area contributed by atoms with Crippen LogP contribution in [0.5, 0.6) is 5.88 Å². The van der Waals surface area contributed by atoms with Gasteiger partial charge in [-0.3, -0.25) is 23.9 Å². The number of furan rings is 1. The number of para-hydroxylation sites is 1. The Morgan fingerprint density at radius 2 is 1.80 bits per heavy atom. The first-order valence-electron chi connectivity index (χ1n) is 21.4. The lowest BCUT2D eigenvalue weighted by molar-refractivity contribution is -0.142. The Kier molecular flexibility index (Phi) is 11.6. The number of nitrogens with zero attached hydrogens (tertiary/aromatic N) is 4. The SMILES string of the molecule is CNC(=O)c1csc(C[C@H]2CCCCC/C=C\[C@H]3C[C@@]3(C(=O)NS(=O)(=O)C3CC3)CC(=O)[C@@H]3C[C@@H](Oc4nc(-c5ccc(C(F)(F)F)cc5)nc5c4oc4ccccc45)CN3C2=O)n1. The van der Waals surface area contributed by atoms with Crippen molar-refractivity contribution >= 4 is 66.9 Å². The highest BCUT2D eigenvalue weighted by Crippen LogP contribution is 2.57. The number of thiazole rings is 1. The normalized spacial score (nSPS) is 25.0. The van der Waals surface area contributed by atoms with E-state index in [0.29, 0.717) is 53.6 Å². The van der Waals surface area contributed by atoms with E-state index in [1.807, 2.05) is 12.2 Å². The summed E-state index contributed by atoms with van der Waals surface area (Å²) < 4.78 is 81.6. The molecule has 336 valence electrons. The fraction of sp³-hybridized carbons (Fsp3) is 0.444. The molecule has 2 aliphatic heterocycles. The molecular weight excluding hydrogens is 874 g/mol. The molecule has 5 aromatic rings. The second kappa shape index (κ2) is 17.0. The van der Waals surface area contributed by atoms with E-state index in [4.69, 9.17) is 9.15 Å². The number of hydrogen-bond acceptors (Lipinski definition) is 12. The fourth-order valence-corrected chi connectivity index (χ4v) is 11.2. The Hall–Kier alpha value is -5.69. The summed E-state index contributed by atoms with van der Waals surface area (Å²) in [7, 11) is -2.42. The number of carbonyl (C=O) groups is 4. The number of halogens is 3. The minimum atomic E-state index is -4.56. The molecule has 2 aromatic carbocycles. The zero-order chi connectivity index (χ0) is 45.0. The molecule has 14 nitrogen and oxygen atoms in total. The van der Waals surface area contributed by atoms with Crippen molar-refractivity contribution < 1.29 is 49.9 Å². The van der Waals surface area contributed by atoms with Crippen LogP contribution in [0.4, 0.5) is 13.2 Å². The Balaban J connectivity index is 1.07. The second-order valence-electron chi connectivity index (χ2n) is 17.1. The quantitative estimate of drug-likeness (QED) is 0.143. The number of alkyl halides is 3. The molecule has 64 heavy (non-hydrogen) atoms. The summed E-state index contributed by atoms with van der Waals surface area (Å²) in [6, 6.07) is 10.4. The predicted octanol–water partition coefficient (Wildman–Crippen LogP) is 7.18. The summed E-state index contributed by atoms with van der Waals surface area (Å²) in [5, 5.41) is 4.72. The summed E-state index contributed by atoms with van der Waals surface area (Å²) in [5.41, 5.74) is -0.711. The number of Topliss-reactive ketones (excluding diaryl/α,β-unsaturated/α-hetero) is 1. The lowest BCUT2D eigenvalue weighted by Gasteiger charge is -2.29. The standard InChI is InChI=1S/C45H45F3N6O8S2/c1-49-40(56)32-24-63-36(50-32)19-26-9-5-3-2-4-6-10-28-21-44(28,43(58)53-64(59,60)30-17-18-30)22-34(55)33-20-29(23-54(33)42(26)57)61-41-38-37(31-11-7-8-12-35(31)62-38)51-39(52-41)25-13-15-27(16-14-25)45(46,47)48/h6-8,10-16,24,26,28-30,33H,2-5,9,17-23H2,1H3,(H,49,56)(H,53,58)/b10-6-/t26-,28+,29-,33+,44-/m1/s1. The number of nitrogens with one attached hydrogen (secondary N) is 2. The summed E-state index contributed by atoms with van der Waals surface area (Å²) >= 11 is 1.26. The van der Waals surface area contributed by atoms with Gasteiger partial charge in [0.05, 0.1) is 33.8 Å². The number of amides is 3. The molecule has 19 heteroatoms. The lowest BCUT2D eigenvalue weighted by atomic mass is 9.90. The largest absolute Gasteiger partial charge is 0.470 e. The minimum Gasteiger partial charge on any atom is -0.470 e. The predicted molar refractivity (Wildman–Crippen MR) is 229 cm³/mol. The number of benzene rings is 2. The summed E-state index contributed by atoms with van der Waals surface area (Å²) in [5.74, 6) is -2.86. The molecule has 1 saturated heterocycles. The van der Waals surface area contributed by atoms with Gasteiger partial charge in [-0.25, -0.2) is 18.4 Å². The van der Waals surface area contributed by atoms with Gasteiger partial charge in [-0.15, -0.1) is 11.3 Å².